The highest BCUT2D eigenvalue weighted by atomic mass is 14.9. The molecule has 0 spiro atoms. The van der Waals surface area contributed by atoms with Gasteiger partial charge in [0.25, 0.3) is 0 Å². The van der Waals surface area contributed by atoms with Gasteiger partial charge in [-0.3, -0.25) is 0 Å². The first kappa shape index (κ1) is 9.97. The summed E-state index contributed by atoms with van der Waals surface area (Å²) < 4.78 is 0. The van der Waals surface area contributed by atoms with Crippen molar-refractivity contribution in [2.24, 2.45) is 0 Å². The van der Waals surface area contributed by atoms with Gasteiger partial charge >= 0.3 is 0 Å². The Morgan fingerprint density at radius 1 is 1.20 bits per heavy atom. The van der Waals surface area contributed by atoms with Crippen LogP contribution in [0.15, 0.2) is 36.5 Å². The second-order valence-electron chi connectivity index (χ2n) is 3.71. The molecule has 1 N–H and O–H groups in total. The van der Waals surface area contributed by atoms with Gasteiger partial charge in [0.05, 0.1) is 5.69 Å². The third-order valence-electron chi connectivity index (χ3n) is 2.46. The van der Waals surface area contributed by atoms with E-state index in [4.69, 9.17) is 0 Å². The van der Waals surface area contributed by atoms with Gasteiger partial charge in [-0.25, -0.2) is 4.98 Å². The molecule has 0 atom stereocenters. The van der Waals surface area contributed by atoms with Crippen LogP contribution >= 0.6 is 0 Å². The molecule has 0 amide bonds. The van der Waals surface area contributed by atoms with Crippen molar-refractivity contribution < 1.29 is 0 Å². The fourth-order valence-corrected chi connectivity index (χ4v) is 1.59. The first-order valence-corrected chi connectivity index (χ1v) is 5.50. The SMILES string of the molecule is CCCCc1c[nH]c(-c2ccccc2)n1. The van der Waals surface area contributed by atoms with Crippen LogP contribution in [-0.2, 0) is 6.42 Å². The molecule has 0 aliphatic rings. The van der Waals surface area contributed by atoms with E-state index in [1.54, 1.807) is 0 Å². The molecule has 0 saturated carbocycles. The van der Waals surface area contributed by atoms with Gasteiger partial charge in [0.15, 0.2) is 0 Å². The van der Waals surface area contributed by atoms with Gasteiger partial charge in [-0.2, -0.15) is 0 Å². The fraction of sp³-hybridized carbons (Fsp3) is 0.308. The van der Waals surface area contributed by atoms with Crippen LogP contribution in [0.4, 0.5) is 0 Å². The summed E-state index contributed by atoms with van der Waals surface area (Å²) in [5.41, 5.74) is 2.32. The van der Waals surface area contributed by atoms with Gasteiger partial charge in [-0.1, -0.05) is 43.7 Å². The minimum absolute atomic E-state index is 0.974. The van der Waals surface area contributed by atoms with Gasteiger partial charge in [0.2, 0.25) is 0 Å². The van der Waals surface area contributed by atoms with Gasteiger partial charge in [0.1, 0.15) is 5.82 Å². The number of hydrogen-bond acceptors (Lipinski definition) is 1. The summed E-state index contributed by atoms with van der Waals surface area (Å²) in [6.07, 6.45) is 5.50. The molecule has 0 bridgehead atoms. The van der Waals surface area contributed by atoms with E-state index in [0.29, 0.717) is 0 Å². The van der Waals surface area contributed by atoms with Gasteiger partial charge < -0.3 is 4.98 Å². The number of H-pyrrole nitrogens is 1. The molecular weight excluding hydrogens is 184 g/mol. The predicted octanol–water partition coefficient (Wildman–Crippen LogP) is 3.42. The summed E-state index contributed by atoms with van der Waals surface area (Å²) in [7, 11) is 0. The fourth-order valence-electron chi connectivity index (χ4n) is 1.59. The summed E-state index contributed by atoms with van der Waals surface area (Å²) in [6.45, 7) is 2.20. The number of aromatic amines is 1. The van der Waals surface area contributed by atoms with E-state index in [-0.39, 0.29) is 0 Å². The average Bonchev–Trinajstić information content (AvgIpc) is 2.76. The molecule has 2 heteroatoms. The Kier molecular flexibility index (Phi) is 3.18. The van der Waals surface area contributed by atoms with Crippen LogP contribution in [0.1, 0.15) is 25.5 Å². The van der Waals surface area contributed by atoms with Crippen molar-refractivity contribution in [1.82, 2.24) is 9.97 Å². The normalized spacial score (nSPS) is 10.5. The molecule has 2 aromatic rings. The Balaban J connectivity index is 2.14. The van der Waals surface area contributed by atoms with E-state index >= 15 is 0 Å². The molecule has 1 aromatic carbocycles. The lowest BCUT2D eigenvalue weighted by atomic mass is 10.2. The maximum atomic E-state index is 4.56. The summed E-state index contributed by atoms with van der Waals surface area (Å²) in [5.74, 6) is 0.974. The van der Waals surface area contributed by atoms with Gasteiger partial charge in [0, 0.05) is 11.8 Å². The van der Waals surface area contributed by atoms with Crippen LogP contribution in [0.2, 0.25) is 0 Å². The first-order valence-electron chi connectivity index (χ1n) is 5.50. The lowest BCUT2D eigenvalue weighted by Gasteiger charge is -1.94. The Morgan fingerprint density at radius 2 is 2.00 bits per heavy atom. The highest BCUT2D eigenvalue weighted by Gasteiger charge is 2.02. The Labute approximate surface area is 90.4 Å². The van der Waals surface area contributed by atoms with Crippen molar-refractivity contribution in [1.29, 1.82) is 0 Å². The second-order valence-corrected chi connectivity index (χ2v) is 3.71. The third-order valence-corrected chi connectivity index (χ3v) is 2.46. The maximum absolute atomic E-state index is 4.56. The Morgan fingerprint density at radius 3 is 2.73 bits per heavy atom. The van der Waals surface area contributed by atoms with E-state index in [9.17, 15) is 0 Å². The zero-order valence-corrected chi connectivity index (χ0v) is 9.03. The zero-order valence-electron chi connectivity index (χ0n) is 9.03. The predicted molar refractivity (Wildman–Crippen MR) is 62.6 cm³/mol. The number of benzene rings is 1. The molecule has 1 heterocycles. The zero-order chi connectivity index (χ0) is 10.5. The van der Waals surface area contributed by atoms with Crippen LogP contribution < -0.4 is 0 Å². The number of aromatic nitrogens is 2. The molecule has 0 aliphatic carbocycles. The quantitative estimate of drug-likeness (QED) is 0.804. The van der Waals surface area contributed by atoms with E-state index < -0.39 is 0 Å². The van der Waals surface area contributed by atoms with Crippen molar-refractivity contribution >= 4 is 0 Å². The molecule has 1 aromatic heterocycles. The number of unbranched alkanes of at least 4 members (excludes halogenated alkanes) is 1. The lowest BCUT2D eigenvalue weighted by Crippen LogP contribution is -1.84. The Bertz CT molecular complexity index is 403. The van der Waals surface area contributed by atoms with Gasteiger partial charge in [-0.05, 0) is 12.8 Å². The summed E-state index contributed by atoms with van der Waals surface area (Å²) in [4.78, 5) is 7.78. The monoisotopic (exact) mass is 200 g/mol. The number of nitrogens with zero attached hydrogens (tertiary/aromatic N) is 1. The number of imidazole rings is 1. The van der Waals surface area contributed by atoms with Crippen LogP contribution in [0.5, 0.6) is 0 Å². The molecule has 2 nitrogen and oxygen atoms in total. The number of aryl methyl sites for hydroxylation is 1. The number of nitrogens with one attached hydrogen (secondary N) is 1. The molecular formula is C13H16N2. The van der Waals surface area contributed by atoms with Crippen molar-refractivity contribution in [3.8, 4) is 11.4 Å². The van der Waals surface area contributed by atoms with E-state index in [1.165, 1.54) is 12.8 Å². The van der Waals surface area contributed by atoms with Crippen LogP contribution in [-0.4, -0.2) is 9.97 Å². The van der Waals surface area contributed by atoms with Crippen LogP contribution in [0.25, 0.3) is 11.4 Å². The molecule has 0 unspecified atom stereocenters. The Hall–Kier alpha value is -1.57. The third kappa shape index (κ3) is 2.46. The summed E-state index contributed by atoms with van der Waals surface area (Å²) in [6, 6.07) is 10.2. The first-order chi connectivity index (χ1) is 7.40. The smallest absolute Gasteiger partial charge is 0.137 e. The topological polar surface area (TPSA) is 28.7 Å². The standard InChI is InChI=1S/C13H16N2/c1-2-3-9-12-10-14-13(15-12)11-7-5-4-6-8-11/h4-8,10H,2-3,9H2,1H3,(H,14,15). The molecule has 0 fully saturated rings. The maximum Gasteiger partial charge on any atom is 0.137 e. The number of rotatable bonds is 4. The number of hydrogen-bond donors (Lipinski definition) is 1. The van der Waals surface area contributed by atoms with E-state index in [1.807, 2.05) is 24.4 Å². The average molecular weight is 200 g/mol. The highest BCUT2D eigenvalue weighted by Crippen LogP contribution is 2.15. The van der Waals surface area contributed by atoms with E-state index in [2.05, 4.69) is 29.0 Å². The van der Waals surface area contributed by atoms with Crippen LogP contribution in [0, 0.1) is 0 Å². The molecule has 0 aliphatic heterocycles. The molecule has 0 saturated heterocycles. The largest absolute Gasteiger partial charge is 0.344 e. The van der Waals surface area contributed by atoms with Crippen molar-refractivity contribution in [2.45, 2.75) is 26.2 Å². The van der Waals surface area contributed by atoms with Gasteiger partial charge in [-0.15, -0.1) is 0 Å². The molecule has 0 radical (unpaired) electrons. The second kappa shape index (κ2) is 4.78. The van der Waals surface area contributed by atoms with Crippen molar-refractivity contribution in [2.75, 3.05) is 0 Å². The van der Waals surface area contributed by atoms with Crippen molar-refractivity contribution in [3.05, 3.63) is 42.2 Å². The minimum atomic E-state index is 0.974. The lowest BCUT2D eigenvalue weighted by molar-refractivity contribution is 0.781. The van der Waals surface area contributed by atoms with Crippen LogP contribution in [0.3, 0.4) is 0 Å². The summed E-state index contributed by atoms with van der Waals surface area (Å²) in [5, 5.41) is 0. The highest BCUT2D eigenvalue weighted by molar-refractivity contribution is 5.54. The molecule has 2 rings (SSSR count). The summed E-state index contributed by atoms with van der Waals surface area (Å²) >= 11 is 0. The van der Waals surface area contributed by atoms with E-state index in [0.717, 1.165) is 23.5 Å². The molecule has 15 heavy (non-hydrogen) atoms. The van der Waals surface area contributed by atoms with Crippen molar-refractivity contribution in [3.63, 3.8) is 0 Å². The molecule has 78 valence electrons. The minimum Gasteiger partial charge on any atom is -0.344 e.